The van der Waals surface area contributed by atoms with Crippen molar-refractivity contribution in [3.05, 3.63) is 83.9 Å². The van der Waals surface area contributed by atoms with Gasteiger partial charge in [0, 0.05) is 17.3 Å². The highest BCUT2D eigenvalue weighted by atomic mass is 32.2. The van der Waals surface area contributed by atoms with E-state index in [4.69, 9.17) is 4.42 Å². The number of amides is 1. The van der Waals surface area contributed by atoms with Crippen molar-refractivity contribution in [2.45, 2.75) is 17.9 Å². The minimum atomic E-state index is -3.76. The lowest BCUT2D eigenvalue weighted by molar-refractivity contribution is -0.115. The van der Waals surface area contributed by atoms with Gasteiger partial charge < -0.3 is 9.73 Å². The Bertz CT molecular complexity index is 1270. The summed E-state index contributed by atoms with van der Waals surface area (Å²) in [4.78, 5) is 21.2. The average molecular weight is 455 g/mol. The Morgan fingerprint density at radius 3 is 2.77 bits per heavy atom. The largest absolute Gasteiger partial charge is 0.468 e. The molecule has 8 nitrogen and oxygen atoms in total. The Morgan fingerprint density at radius 2 is 2.00 bits per heavy atom. The maximum absolute atomic E-state index is 12.5. The zero-order valence-corrected chi connectivity index (χ0v) is 17.8. The summed E-state index contributed by atoms with van der Waals surface area (Å²) in [5, 5.41) is 5.26. The van der Waals surface area contributed by atoms with E-state index in [1.165, 1.54) is 29.7 Å². The van der Waals surface area contributed by atoms with Gasteiger partial charge in [0.1, 0.15) is 10.8 Å². The number of thiazole rings is 1. The topological polar surface area (TPSA) is 114 Å². The van der Waals surface area contributed by atoms with Gasteiger partial charge in [-0.05, 0) is 42.5 Å². The van der Waals surface area contributed by atoms with E-state index in [1.54, 1.807) is 30.5 Å². The van der Waals surface area contributed by atoms with Crippen molar-refractivity contribution in [1.29, 1.82) is 0 Å². The Labute approximate surface area is 183 Å². The van der Waals surface area contributed by atoms with Crippen LogP contribution in [-0.4, -0.2) is 24.3 Å². The molecule has 1 aromatic carbocycles. The molecule has 158 valence electrons. The Kier molecular flexibility index (Phi) is 6.21. The van der Waals surface area contributed by atoms with Crippen LogP contribution in [0.25, 0.3) is 10.7 Å². The minimum absolute atomic E-state index is 0.0361. The Hall–Kier alpha value is -3.34. The molecule has 0 spiro atoms. The summed E-state index contributed by atoms with van der Waals surface area (Å²) in [5.41, 5.74) is 1.75. The van der Waals surface area contributed by atoms with Crippen molar-refractivity contribution in [2.75, 3.05) is 5.32 Å². The lowest BCUT2D eigenvalue weighted by atomic mass is 10.3. The van der Waals surface area contributed by atoms with E-state index in [-0.39, 0.29) is 23.8 Å². The second-order valence-electron chi connectivity index (χ2n) is 6.52. The summed E-state index contributed by atoms with van der Waals surface area (Å²) < 4.78 is 32.6. The molecule has 3 aromatic heterocycles. The predicted molar refractivity (Wildman–Crippen MR) is 117 cm³/mol. The van der Waals surface area contributed by atoms with E-state index in [9.17, 15) is 13.2 Å². The number of aromatic nitrogens is 2. The van der Waals surface area contributed by atoms with Crippen molar-refractivity contribution in [3.63, 3.8) is 0 Å². The molecule has 0 aliphatic heterocycles. The molecule has 0 saturated carbocycles. The molecule has 4 rings (SSSR count). The van der Waals surface area contributed by atoms with Gasteiger partial charge in [-0.2, -0.15) is 0 Å². The van der Waals surface area contributed by atoms with E-state index >= 15 is 0 Å². The molecule has 0 bridgehead atoms. The van der Waals surface area contributed by atoms with Crippen LogP contribution in [0.15, 0.2) is 81.8 Å². The first kappa shape index (κ1) is 20.9. The Morgan fingerprint density at radius 1 is 1.10 bits per heavy atom. The van der Waals surface area contributed by atoms with Crippen LogP contribution < -0.4 is 10.0 Å². The van der Waals surface area contributed by atoms with Crippen LogP contribution in [0.1, 0.15) is 11.5 Å². The van der Waals surface area contributed by atoms with Gasteiger partial charge in [0.05, 0.1) is 35.5 Å². The van der Waals surface area contributed by atoms with Crippen molar-refractivity contribution < 1.29 is 17.6 Å². The molecule has 1 amide bonds. The van der Waals surface area contributed by atoms with Crippen LogP contribution in [0, 0.1) is 0 Å². The molecule has 0 fully saturated rings. The third-order valence-corrected chi connectivity index (χ3v) is 6.53. The molecule has 0 aliphatic rings. The SMILES string of the molecule is O=C(Cc1csc(-c2ccccn2)n1)Nc1cccc(S(=O)(=O)NCc2ccco2)c1. The molecular weight excluding hydrogens is 436 g/mol. The third-order valence-electron chi connectivity index (χ3n) is 4.22. The zero-order chi connectivity index (χ0) is 21.7. The van der Waals surface area contributed by atoms with Gasteiger partial charge in [-0.1, -0.05) is 12.1 Å². The van der Waals surface area contributed by atoms with Crippen LogP contribution >= 0.6 is 11.3 Å². The van der Waals surface area contributed by atoms with Crippen LogP contribution in [-0.2, 0) is 27.8 Å². The fourth-order valence-electron chi connectivity index (χ4n) is 2.77. The maximum atomic E-state index is 12.5. The molecule has 0 aliphatic carbocycles. The summed E-state index contributed by atoms with van der Waals surface area (Å²) in [5.74, 6) is 0.206. The molecule has 2 N–H and O–H groups in total. The van der Waals surface area contributed by atoms with Crippen molar-refractivity contribution in [2.24, 2.45) is 0 Å². The van der Waals surface area contributed by atoms with Crippen molar-refractivity contribution in [3.8, 4) is 10.7 Å². The summed E-state index contributed by atoms with van der Waals surface area (Å²) in [6.07, 6.45) is 3.23. The molecular formula is C21H18N4O4S2. The van der Waals surface area contributed by atoms with E-state index in [1.807, 2.05) is 23.6 Å². The van der Waals surface area contributed by atoms with E-state index in [2.05, 4.69) is 20.0 Å². The first-order valence-corrected chi connectivity index (χ1v) is 11.6. The van der Waals surface area contributed by atoms with Crippen LogP contribution in [0.5, 0.6) is 0 Å². The van der Waals surface area contributed by atoms with Gasteiger partial charge in [0.25, 0.3) is 0 Å². The van der Waals surface area contributed by atoms with Gasteiger partial charge in [-0.3, -0.25) is 9.78 Å². The van der Waals surface area contributed by atoms with E-state index in [0.717, 1.165) is 10.7 Å². The van der Waals surface area contributed by atoms with E-state index in [0.29, 0.717) is 17.1 Å². The molecule has 3 heterocycles. The zero-order valence-electron chi connectivity index (χ0n) is 16.2. The average Bonchev–Trinajstić information content (AvgIpc) is 3.45. The van der Waals surface area contributed by atoms with Gasteiger partial charge in [-0.15, -0.1) is 11.3 Å². The lowest BCUT2D eigenvalue weighted by Crippen LogP contribution is -2.23. The molecule has 4 aromatic rings. The summed E-state index contributed by atoms with van der Waals surface area (Å²) in [6.45, 7) is 0.0361. The monoisotopic (exact) mass is 454 g/mol. The molecule has 10 heteroatoms. The second-order valence-corrected chi connectivity index (χ2v) is 9.14. The standard InChI is InChI=1S/C21H18N4O4S2/c26-20(12-16-14-30-21(25-16)19-8-1-2-9-22-19)24-15-5-3-7-18(11-15)31(27,28)23-13-17-6-4-10-29-17/h1-11,14,23H,12-13H2,(H,24,26). The molecule has 0 atom stereocenters. The van der Waals surface area contributed by atoms with Crippen LogP contribution in [0.2, 0.25) is 0 Å². The normalized spacial score (nSPS) is 11.4. The number of pyridine rings is 1. The van der Waals surface area contributed by atoms with Crippen LogP contribution in [0.4, 0.5) is 5.69 Å². The minimum Gasteiger partial charge on any atom is -0.468 e. The maximum Gasteiger partial charge on any atom is 0.241 e. The predicted octanol–water partition coefficient (Wildman–Crippen LogP) is 3.46. The summed E-state index contributed by atoms with van der Waals surface area (Å²) >= 11 is 1.41. The van der Waals surface area contributed by atoms with Crippen molar-refractivity contribution >= 4 is 33.0 Å². The number of furan rings is 1. The summed E-state index contributed by atoms with van der Waals surface area (Å²) in [6, 6.07) is 15.0. The highest BCUT2D eigenvalue weighted by Crippen LogP contribution is 2.22. The molecule has 0 radical (unpaired) electrons. The number of nitrogens with one attached hydrogen (secondary N) is 2. The second kappa shape index (κ2) is 9.21. The number of benzene rings is 1. The number of sulfonamides is 1. The highest BCUT2D eigenvalue weighted by Gasteiger charge is 2.16. The third kappa shape index (κ3) is 5.43. The highest BCUT2D eigenvalue weighted by molar-refractivity contribution is 7.89. The molecule has 0 saturated heterocycles. The fourth-order valence-corrected chi connectivity index (χ4v) is 4.60. The van der Waals surface area contributed by atoms with Gasteiger partial charge >= 0.3 is 0 Å². The van der Waals surface area contributed by atoms with Gasteiger partial charge in [0.2, 0.25) is 15.9 Å². The van der Waals surface area contributed by atoms with E-state index < -0.39 is 10.0 Å². The number of nitrogens with zero attached hydrogens (tertiary/aromatic N) is 2. The fraction of sp³-hybridized carbons (Fsp3) is 0.0952. The number of rotatable bonds is 8. The van der Waals surface area contributed by atoms with Gasteiger partial charge in [0.15, 0.2) is 0 Å². The van der Waals surface area contributed by atoms with Crippen molar-refractivity contribution in [1.82, 2.24) is 14.7 Å². The molecule has 0 unspecified atom stereocenters. The Balaban J connectivity index is 1.39. The molecule has 31 heavy (non-hydrogen) atoms. The first-order valence-electron chi connectivity index (χ1n) is 9.27. The summed E-state index contributed by atoms with van der Waals surface area (Å²) in [7, 11) is -3.76. The lowest BCUT2D eigenvalue weighted by Gasteiger charge is -2.08. The number of hydrogen-bond acceptors (Lipinski definition) is 7. The first-order chi connectivity index (χ1) is 15.0. The number of hydrogen-bond donors (Lipinski definition) is 2. The van der Waals surface area contributed by atoms with Gasteiger partial charge in [-0.25, -0.2) is 18.1 Å². The number of carbonyl (C=O) groups is 1. The number of anilines is 1. The quantitative estimate of drug-likeness (QED) is 0.421. The van der Waals surface area contributed by atoms with Crippen LogP contribution in [0.3, 0.4) is 0 Å². The smallest absolute Gasteiger partial charge is 0.241 e. The number of carbonyl (C=O) groups excluding carboxylic acids is 1.